The van der Waals surface area contributed by atoms with E-state index in [4.69, 9.17) is 5.73 Å². The van der Waals surface area contributed by atoms with Crippen molar-refractivity contribution in [3.63, 3.8) is 0 Å². The molecule has 0 aromatic rings. The van der Waals surface area contributed by atoms with Crippen LogP contribution in [0, 0.1) is 11.3 Å². The van der Waals surface area contributed by atoms with E-state index in [-0.39, 0.29) is 17.4 Å². The third kappa shape index (κ3) is 6.46. The first-order chi connectivity index (χ1) is 9.85. The summed E-state index contributed by atoms with van der Waals surface area (Å²) in [5.41, 5.74) is 5.63. The normalized spacial score (nSPS) is 23.4. The molecule has 5 nitrogen and oxygen atoms in total. The van der Waals surface area contributed by atoms with E-state index < -0.39 is 11.9 Å². The van der Waals surface area contributed by atoms with Crippen LogP contribution in [0.2, 0.25) is 0 Å². The van der Waals surface area contributed by atoms with Crippen LogP contribution in [0.3, 0.4) is 0 Å². The highest BCUT2D eigenvalue weighted by atomic mass is 16.4. The molecular weight excluding hydrogens is 268 g/mol. The molecule has 4 N–H and O–H groups in total. The first kappa shape index (κ1) is 18.0. The molecule has 1 aliphatic carbocycles. The van der Waals surface area contributed by atoms with Crippen LogP contribution < -0.4 is 11.1 Å². The van der Waals surface area contributed by atoms with Crippen LogP contribution in [-0.2, 0) is 9.59 Å². The minimum Gasteiger partial charge on any atom is -0.481 e. The third-order valence-electron chi connectivity index (χ3n) is 4.53. The summed E-state index contributed by atoms with van der Waals surface area (Å²) in [6.07, 6.45) is 6.53. The van der Waals surface area contributed by atoms with E-state index in [9.17, 15) is 14.7 Å². The van der Waals surface area contributed by atoms with Gasteiger partial charge in [-0.25, -0.2) is 0 Å². The minimum absolute atomic E-state index is 0.0294. The van der Waals surface area contributed by atoms with Gasteiger partial charge in [0.05, 0.1) is 5.92 Å². The number of carboxylic acids is 1. The Hall–Kier alpha value is -1.10. The molecule has 122 valence electrons. The highest BCUT2D eigenvalue weighted by Gasteiger charge is 2.30. The SMILES string of the molecule is CC(C)(CCN)CCC(=O)NC1CCCCCC1C(=O)O. The molecule has 2 unspecified atom stereocenters. The molecule has 21 heavy (non-hydrogen) atoms. The molecule has 0 aromatic heterocycles. The Kier molecular flexibility index (Phi) is 7.15. The lowest BCUT2D eigenvalue weighted by molar-refractivity contribution is -0.143. The molecule has 0 bridgehead atoms. The molecule has 1 amide bonds. The van der Waals surface area contributed by atoms with Gasteiger partial charge in [-0.3, -0.25) is 9.59 Å². The summed E-state index contributed by atoms with van der Waals surface area (Å²) in [4.78, 5) is 23.4. The standard InChI is InChI=1S/C16H30N2O3/c1-16(2,10-11-17)9-8-14(19)18-13-7-5-3-4-6-12(13)15(20)21/h12-13H,3-11,17H2,1-2H3,(H,18,19)(H,20,21). The number of rotatable bonds is 7. The Morgan fingerprint density at radius 3 is 2.48 bits per heavy atom. The third-order valence-corrected chi connectivity index (χ3v) is 4.53. The number of nitrogens with two attached hydrogens (primary N) is 1. The van der Waals surface area contributed by atoms with Crippen molar-refractivity contribution in [3.05, 3.63) is 0 Å². The molecule has 5 heteroatoms. The molecule has 0 saturated heterocycles. The number of aliphatic carboxylic acids is 1. The first-order valence-electron chi connectivity index (χ1n) is 8.08. The van der Waals surface area contributed by atoms with Crippen LogP contribution in [0.25, 0.3) is 0 Å². The molecular formula is C16H30N2O3. The Morgan fingerprint density at radius 2 is 1.86 bits per heavy atom. The second kappa shape index (κ2) is 8.37. The van der Waals surface area contributed by atoms with Crippen LogP contribution in [0.5, 0.6) is 0 Å². The molecule has 0 spiro atoms. The van der Waals surface area contributed by atoms with E-state index in [0.717, 1.165) is 38.5 Å². The fraction of sp³-hybridized carbons (Fsp3) is 0.875. The lowest BCUT2D eigenvalue weighted by Crippen LogP contribution is -2.43. The number of carboxylic acid groups (broad SMARTS) is 1. The summed E-state index contributed by atoms with van der Waals surface area (Å²) in [5, 5.41) is 12.3. The zero-order valence-electron chi connectivity index (χ0n) is 13.4. The smallest absolute Gasteiger partial charge is 0.308 e. The monoisotopic (exact) mass is 298 g/mol. The number of hydrogen-bond donors (Lipinski definition) is 3. The summed E-state index contributed by atoms with van der Waals surface area (Å²) in [5.74, 6) is -1.25. The van der Waals surface area contributed by atoms with Gasteiger partial charge in [0.2, 0.25) is 5.91 Å². The molecule has 1 aliphatic rings. The van der Waals surface area contributed by atoms with Gasteiger partial charge >= 0.3 is 5.97 Å². The Bertz CT molecular complexity index is 355. The van der Waals surface area contributed by atoms with E-state index in [1.807, 2.05) is 0 Å². The zero-order chi connectivity index (χ0) is 15.9. The number of hydrogen-bond acceptors (Lipinski definition) is 3. The number of amides is 1. The van der Waals surface area contributed by atoms with Gasteiger partial charge < -0.3 is 16.2 Å². The van der Waals surface area contributed by atoms with Crippen molar-refractivity contribution in [2.75, 3.05) is 6.54 Å². The van der Waals surface area contributed by atoms with E-state index in [1.165, 1.54) is 0 Å². The number of nitrogens with one attached hydrogen (secondary N) is 1. The van der Waals surface area contributed by atoms with Crippen molar-refractivity contribution in [1.29, 1.82) is 0 Å². The van der Waals surface area contributed by atoms with Crippen LogP contribution >= 0.6 is 0 Å². The highest BCUT2D eigenvalue weighted by molar-refractivity contribution is 5.78. The molecule has 1 fully saturated rings. The summed E-state index contributed by atoms with van der Waals surface area (Å²) in [6.45, 7) is 4.84. The van der Waals surface area contributed by atoms with Gasteiger partial charge in [-0.2, -0.15) is 0 Å². The fourth-order valence-electron chi connectivity index (χ4n) is 3.02. The molecule has 1 saturated carbocycles. The zero-order valence-corrected chi connectivity index (χ0v) is 13.4. The maximum Gasteiger partial charge on any atom is 0.308 e. The lowest BCUT2D eigenvalue weighted by atomic mass is 9.84. The van der Waals surface area contributed by atoms with E-state index >= 15 is 0 Å². The van der Waals surface area contributed by atoms with Crippen LogP contribution in [0.15, 0.2) is 0 Å². The number of carbonyl (C=O) groups excluding carboxylic acids is 1. The van der Waals surface area contributed by atoms with Gasteiger partial charge in [-0.05, 0) is 37.6 Å². The van der Waals surface area contributed by atoms with Gasteiger partial charge in [-0.1, -0.05) is 33.1 Å². The molecule has 0 heterocycles. The van der Waals surface area contributed by atoms with Gasteiger partial charge in [0.1, 0.15) is 0 Å². The lowest BCUT2D eigenvalue weighted by Gasteiger charge is -2.26. The Balaban J connectivity index is 2.49. The predicted octanol–water partition coefficient (Wildman–Crippen LogP) is 2.29. The van der Waals surface area contributed by atoms with Crippen molar-refractivity contribution in [3.8, 4) is 0 Å². The second-order valence-corrected chi connectivity index (χ2v) is 6.96. The van der Waals surface area contributed by atoms with Crippen molar-refractivity contribution < 1.29 is 14.7 Å². The van der Waals surface area contributed by atoms with Crippen molar-refractivity contribution in [2.24, 2.45) is 17.1 Å². The van der Waals surface area contributed by atoms with E-state index in [0.29, 0.717) is 19.4 Å². The largest absolute Gasteiger partial charge is 0.481 e. The van der Waals surface area contributed by atoms with Crippen LogP contribution in [-0.4, -0.2) is 29.6 Å². The molecule has 0 radical (unpaired) electrons. The average molecular weight is 298 g/mol. The van der Waals surface area contributed by atoms with E-state index in [2.05, 4.69) is 19.2 Å². The average Bonchev–Trinajstić information content (AvgIpc) is 2.62. The predicted molar refractivity (Wildman–Crippen MR) is 82.8 cm³/mol. The van der Waals surface area contributed by atoms with Gasteiger partial charge in [0, 0.05) is 12.5 Å². The van der Waals surface area contributed by atoms with Crippen molar-refractivity contribution in [2.45, 2.75) is 71.3 Å². The van der Waals surface area contributed by atoms with Gasteiger partial charge in [-0.15, -0.1) is 0 Å². The minimum atomic E-state index is -0.786. The highest BCUT2D eigenvalue weighted by Crippen LogP contribution is 2.27. The molecule has 2 atom stereocenters. The molecule has 0 aliphatic heterocycles. The molecule has 0 aromatic carbocycles. The van der Waals surface area contributed by atoms with Gasteiger partial charge in [0.15, 0.2) is 0 Å². The second-order valence-electron chi connectivity index (χ2n) is 6.96. The Morgan fingerprint density at radius 1 is 1.19 bits per heavy atom. The van der Waals surface area contributed by atoms with Crippen LogP contribution in [0.1, 0.15) is 65.2 Å². The maximum absolute atomic E-state index is 12.1. The van der Waals surface area contributed by atoms with Crippen molar-refractivity contribution >= 4 is 11.9 Å². The van der Waals surface area contributed by atoms with Gasteiger partial charge in [0.25, 0.3) is 0 Å². The first-order valence-corrected chi connectivity index (χ1v) is 8.08. The maximum atomic E-state index is 12.1. The topological polar surface area (TPSA) is 92.4 Å². The quantitative estimate of drug-likeness (QED) is 0.629. The molecule has 1 rings (SSSR count). The summed E-state index contributed by atoms with van der Waals surface area (Å²) in [7, 11) is 0. The Labute approximate surface area is 127 Å². The van der Waals surface area contributed by atoms with E-state index in [1.54, 1.807) is 0 Å². The number of carbonyl (C=O) groups is 2. The summed E-state index contributed by atoms with van der Waals surface area (Å²) >= 11 is 0. The summed E-state index contributed by atoms with van der Waals surface area (Å²) < 4.78 is 0. The van der Waals surface area contributed by atoms with Crippen LogP contribution in [0.4, 0.5) is 0 Å². The summed E-state index contributed by atoms with van der Waals surface area (Å²) in [6, 6.07) is -0.213. The fourth-order valence-corrected chi connectivity index (χ4v) is 3.02. The van der Waals surface area contributed by atoms with Crippen molar-refractivity contribution in [1.82, 2.24) is 5.32 Å².